The van der Waals surface area contributed by atoms with Crippen LogP contribution in [0.5, 0.6) is 0 Å². The van der Waals surface area contributed by atoms with E-state index in [0.29, 0.717) is 30.8 Å². The van der Waals surface area contributed by atoms with E-state index < -0.39 is 0 Å². The van der Waals surface area contributed by atoms with Crippen molar-refractivity contribution < 1.29 is 19.1 Å². The van der Waals surface area contributed by atoms with Crippen molar-refractivity contribution >= 4 is 17.8 Å². The quantitative estimate of drug-likeness (QED) is 0.605. The maximum atomic E-state index is 12.3. The zero-order valence-electron chi connectivity index (χ0n) is 13.9. The molecule has 0 unspecified atom stereocenters. The Balaban J connectivity index is 1.51. The molecule has 2 heterocycles. The third kappa shape index (κ3) is 3.19. The Morgan fingerprint density at radius 1 is 1.08 bits per heavy atom. The van der Waals surface area contributed by atoms with E-state index in [-0.39, 0.29) is 23.7 Å². The minimum atomic E-state index is -0.211. The summed E-state index contributed by atoms with van der Waals surface area (Å²) in [7, 11) is 0. The number of hydrogen-bond acceptors (Lipinski definition) is 5. The number of piperidine rings is 1. The molecule has 0 saturated carbocycles. The fourth-order valence-corrected chi connectivity index (χ4v) is 3.34. The van der Waals surface area contributed by atoms with Crippen LogP contribution in [0, 0.1) is 5.92 Å². The molecule has 2 amide bonds. The van der Waals surface area contributed by atoms with E-state index in [1.54, 1.807) is 24.3 Å². The molecule has 0 bridgehead atoms. The second-order valence-corrected chi connectivity index (χ2v) is 6.18. The molecule has 2 aliphatic rings. The van der Waals surface area contributed by atoms with E-state index in [2.05, 4.69) is 4.90 Å². The first-order valence-corrected chi connectivity index (χ1v) is 8.46. The number of benzene rings is 1. The molecule has 24 heavy (non-hydrogen) atoms. The van der Waals surface area contributed by atoms with Crippen LogP contribution in [-0.4, -0.2) is 60.4 Å². The Labute approximate surface area is 141 Å². The zero-order valence-corrected chi connectivity index (χ0v) is 13.9. The fourth-order valence-electron chi connectivity index (χ4n) is 3.34. The van der Waals surface area contributed by atoms with E-state index in [1.165, 1.54) is 4.90 Å². The van der Waals surface area contributed by atoms with Gasteiger partial charge >= 0.3 is 5.97 Å². The van der Waals surface area contributed by atoms with Crippen LogP contribution in [0.3, 0.4) is 0 Å². The molecule has 0 spiro atoms. The number of carbonyl (C=O) groups is 3. The lowest BCUT2D eigenvalue weighted by Crippen LogP contribution is -2.42. The Hall–Kier alpha value is -2.21. The number of hydrogen-bond donors (Lipinski definition) is 0. The highest BCUT2D eigenvalue weighted by atomic mass is 16.5. The van der Waals surface area contributed by atoms with Crippen LogP contribution in [0.4, 0.5) is 0 Å². The predicted octanol–water partition coefficient (Wildman–Crippen LogP) is 1.56. The number of rotatable bonds is 5. The smallest absolute Gasteiger partial charge is 0.309 e. The second-order valence-electron chi connectivity index (χ2n) is 6.18. The number of amides is 2. The van der Waals surface area contributed by atoms with Gasteiger partial charge in [0.25, 0.3) is 11.8 Å². The van der Waals surface area contributed by atoms with Gasteiger partial charge in [0.15, 0.2) is 0 Å². The summed E-state index contributed by atoms with van der Waals surface area (Å²) >= 11 is 0. The molecular weight excluding hydrogens is 308 g/mol. The predicted molar refractivity (Wildman–Crippen MR) is 87.6 cm³/mol. The molecule has 2 aliphatic heterocycles. The van der Waals surface area contributed by atoms with Crippen LogP contribution in [0.2, 0.25) is 0 Å². The molecule has 0 N–H and O–H groups in total. The topological polar surface area (TPSA) is 66.9 Å². The standard InChI is InChI=1S/C18H22N2O4/c1-2-24-18(23)13-7-9-19(10-8-13)11-12-20-16(21)14-5-3-4-6-15(14)17(20)22/h3-6,13H,2,7-12H2,1H3. The van der Waals surface area contributed by atoms with Gasteiger partial charge in [0, 0.05) is 13.1 Å². The average Bonchev–Trinajstić information content (AvgIpc) is 2.85. The Bertz CT molecular complexity index is 615. The first kappa shape index (κ1) is 16.6. The molecule has 6 heteroatoms. The van der Waals surface area contributed by atoms with Gasteiger partial charge in [-0.25, -0.2) is 0 Å². The summed E-state index contributed by atoms with van der Waals surface area (Å²) < 4.78 is 5.07. The van der Waals surface area contributed by atoms with E-state index >= 15 is 0 Å². The number of nitrogens with zero attached hydrogens (tertiary/aromatic N) is 2. The third-order valence-corrected chi connectivity index (χ3v) is 4.73. The molecule has 0 atom stereocenters. The molecule has 1 aromatic rings. The second kappa shape index (κ2) is 7.13. The van der Waals surface area contributed by atoms with Crippen LogP contribution in [0.25, 0.3) is 0 Å². The summed E-state index contributed by atoms with van der Waals surface area (Å²) in [5, 5.41) is 0. The van der Waals surface area contributed by atoms with Crippen molar-refractivity contribution in [3.8, 4) is 0 Å². The first-order chi connectivity index (χ1) is 11.6. The molecular formula is C18H22N2O4. The van der Waals surface area contributed by atoms with Crippen molar-refractivity contribution in [1.82, 2.24) is 9.80 Å². The van der Waals surface area contributed by atoms with Crippen molar-refractivity contribution in [2.45, 2.75) is 19.8 Å². The van der Waals surface area contributed by atoms with Gasteiger partial charge in [-0.15, -0.1) is 0 Å². The Morgan fingerprint density at radius 3 is 2.21 bits per heavy atom. The van der Waals surface area contributed by atoms with E-state index in [1.807, 2.05) is 6.92 Å². The number of esters is 1. The number of carbonyl (C=O) groups excluding carboxylic acids is 3. The van der Waals surface area contributed by atoms with Crippen LogP contribution in [-0.2, 0) is 9.53 Å². The zero-order chi connectivity index (χ0) is 17.1. The summed E-state index contributed by atoms with van der Waals surface area (Å²) in [5.41, 5.74) is 0.979. The lowest BCUT2D eigenvalue weighted by Gasteiger charge is -2.31. The van der Waals surface area contributed by atoms with Crippen molar-refractivity contribution in [2.24, 2.45) is 5.92 Å². The maximum absolute atomic E-state index is 12.3. The van der Waals surface area contributed by atoms with E-state index in [0.717, 1.165) is 25.9 Å². The maximum Gasteiger partial charge on any atom is 0.309 e. The average molecular weight is 330 g/mol. The molecule has 0 aliphatic carbocycles. The summed E-state index contributed by atoms with van der Waals surface area (Å²) in [6.07, 6.45) is 1.53. The minimum Gasteiger partial charge on any atom is -0.466 e. The summed E-state index contributed by atoms with van der Waals surface area (Å²) in [4.78, 5) is 39.9. The van der Waals surface area contributed by atoms with Gasteiger partial charge in [0.05, 0.1) is 23.7 Å². The number of likely N-dealkylation sites (tertiary alicyclic amines) is 1. The molecule has 3 rings (SSSR count). The molecule has 0 radical (unpaired) electrons. The highest BCUT2D eigenvalue weighted by Gasteiger charge is 2.35. The molecule has 1 aromatic carbocycles. The highest BCUT2D eigenvalue weighted by Crippen LogP contribution is 2.23. The Kier molecular flexibility index (Phi) is 4.94. The largest absolute Gasteiger partial charge is 0.466 e. The molecule has 6 nitrogen and oxygen atoms in total. The molecule has 128 valence electrons. The van der Waals surface area contributed by atoms with Gasteiger partial charge in [-0.3, -0.25) is 19.3 Å². The highest BCUT2D eigenvalue weighted by molar-refractivity contribution is 6.21. The molecule has 1 saturated heterocycles. The lowest BCUT2D eigenvalue weighted by atomic mass is 9.97. The first-order valence-electron chi connectivity index (χ1n) is 8.46. The minimum absolute atomic E-state index is 0.0273. The summed E-state index contributed by atoms with van der Waals surface area (Å²) in [6.45, 7) is 4.82. The lowest BCUT2D eigenvalue weighted by molar-refractivity contribution is -0.149. The van der Waals surface area contributed by atoms with Crippen LogP contribution in [0.1, 0.15) is 40.5 Å². The number of ether oxygens (including phenoxy) is 1. The normalized spacial score (nSPS) is 18.8. The van der Waals surface area contributed by atoms with Gasteiger partial charge in [0.1, 0.15) is 0 Å². The van der Waals surface area contributed by atoms with E-state index in [9.17, 15) is 14.4 Å². The van der Waals surface area contributed by atoms with Gasteiger partial charge in [-0.1, -0.05) is 12.1 Å². The third-order valence-electron chi connectivity index (χ3n) is 4.73. The van der Waals surface area contributed by atoms with E-state index in [4.69, 9.17) is 4.74 Å². The molecule has 0 aromatic heterocycles. The van der Waals surface area contributed by atoms with Gasteiger partial charge in [0.2, 0.25) is 0 Å². The van der Waals surface area contributed by atoms with Crippen molar-refractivity contribution in [2.75, 3.05) is 32.8 Å². The Morgan fingerprint density at radius 2 is 1.67 bits per heavy atom. The SMILES string of the molecule is CCOC(=O)C1CCN(CCN2C(=O)c3ccccc3C2=O)CC1. The number of fused-ring (bicyclic) bond motifs is 1. The van der Waals surface area contributed by atoms with Gasteiger partial charge in [-0.05, 0) is 45.0 Å². The monoisotopic (exact) mass is 330 g/mol. The van der Waals surface area contributed by atoms with Gasteiger partial charge < -0.3 is 9.64 Å². The van der Waals surface area contributed by atoms with Crippen LogP contribution >= 0.6 is 0 Å². The molecule has 1 fully saturated rings. The van der Waals surface area contributed by atoms with Crippen molar-refractivity contribution in [3.63, 3.8) is 0 Å². The summed E-state index contributed by atoms with van der Waals surface area (Å²) in [5.74, 6) is -0.563. The summed E-state index contributed by atoms with van der Waals surface area (Å²) in [6, 6.07) is 6.93. The van der Waals surface area contributed by atoms with Crippen molar-refractivity contribution in [3.05, 3.63) is 35.4 Å². The van der Waals surface area contributed by atoms with Crippen molar-refractivity contribution in [1.29, 1.82) is 0 Å². The van der Waals surface area contributed by atoms with Crippen LogP contribution in [0.15, 0.2) is 24.3 Å². The fraction of sp³-hybridized carbons (Fsp3) is 0.500. The number of imide groups is 1. The van der Waals surface area contributed by atoms with Gasteiger partial charge in [-0.2, -0.15) is 0 Å². The van der Waals surface area contributed by atoms with Crippen LogP contribution < -0.4 is 0 Å².